The van der Waals surface area contributed by atoms with Gasteiger partial charge in [-0.1, -0.05) is 27.4 Å². The number of rotatable bonds is 6. The van der Waals surface area contributed by atoms with Crippen molar-refractivity contribution in [3.8, 4) is 0 Å². The second kappa shape index (κ2) is 9.13. The van der Waals surface area contributed by atoms with Crippen molar-refractivity contribution < 1.29 is 4.39 Å². The molecule has 1 saturated heterocycles. The Morgan fingerprint density at radius 2 is 2.03 bits per heavy atom. The van der Waals surface area contributed by atoms with E-state index < -0.39 is 0 Å². The lowest BCUT2D eigenvalue weighted by Crippen LogP contribution is -2.50. The van der Waals surface area contributed by atoms with Crippen molar-refractivity contribution in [3.05, 3.63) is 54.1 Å². The van der Waals surface area contributed by atoms with Crippen LogP contribution in [0.3, 0.4) is 0 Å². The van der Waals surface area contributed by atoms with Crippen LogP contribution in [-0.2, 0) is 0 Å². The summed E-state index contributed by atoms with van der Waals surface area (Å²) in [7, 11) is 3.83. The second-order valence-corrected chi connectivity index (χ2v) is 9.11. The van der Waals surface area contributed by atoms with Crippen molar-refractivity contribution in [1.82, 2.24) is 15.3 Å². The molecular formula is C24H34FN5. The fourth-order valence-corrected chi connectivity index (χ4v) is 4.66. The molecule has 0 amide bonds. The highest BCUT2D eigenvalue weighted by Crippen LogP contribution is 2.33. The first-order valence-corrected chi connectivity index (χ1v) is 10.7. The van der Waals surface area contributed by atoms with Crippen molar-refractivity contribution >= 4 is 17.2 Å². The van der Waals surface area contributed by atoms with Crippen LogP contribution in [0.25, 0.3) is 5.57 Å². The van der Waals surface area contributed by atoms with Crippen LogP contribution in [0.1, 0.15) is 44.9 Å². The van der Waals surface area contributed by atoms with E-state index in [1.165, 1.54) is 12.5 Å². The lowest BCUT2D eigenvalue weighted by molar-refractivity contribution is 0.184. The van der Waals surface area contributed by atoms with Crippen LogP contribution in [0.5, 0.6) is 0 Å². The number of nitrogens with zero attached hydrogens (tertiary/aromatic N) is 3. The molecule has 0 aliphatic carbocycles. The molecule has 2 unspecified atom stereocenters. The molecule has 5 nitrogen and oxygen atoms in total. The van der Waals surface area contributed by atoms with E-state index in [4.69, 9.17) is 4.98 Å². The van der Waals surface area contributed by atoms with Gasteiger partial charge in [0.1, 0.15) is 23.1 Å². The first kappa shape index (κ1) is 22.2. The predicted octanol–water partition coefficient (Wildman–Crippen LogP) is 4.57. The molecule has 1 aliphatic rings. The van der Waals surface area contributed by atoms with E-state index >= 15 is 0 Å². The molecule has 1 fully saturated rings. The maximum Gasteiger partial charge on any atom is 0.149 e. The summed E-state index contributed by atoms with van der Waals surface area (Å²) < 4.78 is 14.7. The zero-order valence-electron chi connectivity index (χ0n) is 18.8. The molecule has 30 heavy (non-hydrogen) atoms. The Morgan fingerprint density at radius 3 is 2.70 bits per heavy atom. The van der Waals surface area contributed by atoms with Gasteiger partial charge in [0.05, 0.1) is 0 Å². The van der Waals surface area contributed by atoms with Crippen LogP contribution >= 0.6 is 0 Å². The van der Waals surface area contributed by atoms with Gasteiger partial charge >= 0.3 is 0 Å². The number of hydrogen-bond donors (Lipinski definition) is 2. The van der Waals surface area contributed by atoms with E-state index in [1.807, 2.05) is 19.2 Å². The molecule has 1 aliphatic heterocycles. The summed E-state index contributed by atoms with van der Waals surface area (Å²) in [6, 6.07) is 7.39. The molecule has 2 aromatic rings. The third-order valence-corrected chi connectivity index (χ3v) is 5.98. The Hall–Kier alpha value is -2.47. The maximum atomic E-state index is 14.7. The minimum absolute atomic E-state index is 0.169. The molecule has 0 bridgehead atoms. The number of nitrogens with one attached hydrogen (secondary N) is 2. The van der Waals surface area contributed by atoms with Gasteiger partial charge in [0.2, 0.25) is 0 Å². The number of aromatic nitrogens is 2. The van der Waals surface area contributed by atoms with Crippen LogP contribution in [-0.4, -0.2) is 43.2 Å². The van der Waals surface area contributed by atoms with E-state index in [-0.39, 0.29) is 16.9 Å². The van der Waals surface area contributed by atoms with Gasteiger partial charge in [0.15, 0.2) is 0 Å². The average molecular weight is 412 g/mol. The fraction of sp³-hybridized carbons (Fsp3) is 0.500. The van der Waals surface area contributed by atoms with Crippen LogP contribution in [0.2, 0.25) is 0 Å². The average Bonchev–Trinajstić information content (AvgIpc) is 2.73. The largest absolute Gasteiger partial charge is 0.373 e. The second-order valence-electron chi connectivity index (χ2n) is 9.11. The normalized spacial score (nSPS) is 18.2. The number of halogens is 1. The van der Waals surface area contributed by atoms with E-state index in [2.05, 4.69) is 47.9 Å². The molecule has 3 rings (SSSR count). The highest BCUT2D eigenvalue weighted by atomic mass is 19.1. The van der Waals surface area contributed by atoms with Gasteiger partial charge in [-0.25, -0.2) is 14.4 Å². The smallest absolute Gasteiger partial charge is 0.149 e. The molecule has 2 N–H and O–H groups in total. The van der Waals surface area contributed by atoms with Crippen LogP contribution in [0.4, 0.5) is 16.0 Å². The topological polar surface area (TPSA) is 53.1 Å². The SMILES string of the molecule is C=C(c1cccnc1NC)c1nc(N2CCCC(C(NC)C(C)(C)C)C2)ccc1F. The molecule has 2 atom stereocenters. The standard InChI is InChI=1S/C24H34FN5/c1-16(18-10-7-13-28-23(18)27-6)21-19(25)11-12-20(29-21)30-14-8-9-17(15-30)22(26-5)24(2,3)4/h7,10-13,17,22,26H,1,8-9,14-15H2,2-6H3,(H,27,28). The Labute approximate surface area is 179 Å². The molecule has 162 valence electrons. The highest BCUT2D eigenvalue weighted by Gasteiger charge is 2.34. The van der Waals surface area contributed by atoms with E-state index in [9.17, 15) is 4.39 Å². The first-order valence-electron chi connectivity index (χ1n) is 10.7. The van der Waals surface area contributed by atoms with Crippen LogP contribution < -0.4 is 15.5 Å². The third-order valence-electron chi connectivity index (χ3n) is 5.98. The third kappa shape index (κ3) is 4.64. The highest BCUT2D eigenvalue weighted by molar-refractivity contribution is 5.82. The van der Waals surface area contributed by atoms with Crippen molar-refractivity contribution in [3.63, 3.8) is 0 Å². The molecule has 0 radical (unpaired) electrons. The molecule has 0 aromatic carbocycles. The lowest BCUT2D eigenvalue weighted by atomic mass is 9.76. The first-order chi connectivity index (χ1) is 14.3. The van der Waals surface area contributed by atoms with Gasteiger partial charge in [0.25, 0.3) is 0 Å². The Bertz CT molecular complexity index is 889. The minimum atomic E-state index is -0.369. The number of pyridine rings is 2. The quantitative estimate of drug-likeness (QED) is 0.729. The van der Waals surface area contributed by atoms with Gasteiger partial charge in [-0.15, -0.1) is 0 Å². The Kier molecular flexibility index (Phi) is 6.76. The minimum Gasteiger partial charge on any atom is -0.373 e. The molecule has 6 heteroatoms. The maximum absolute atomic E-state index is 14.7. The monoisotopic (exact) mass is 411 g/mol. The van der Waals surface area contributed by atoms with Gasteiger partial charge < -0.3 is 15.5 Å². The van der Waals surface area contributed by atoms with Crippen LogP contribution in [0.15, 0.2) is 37.0 Å². The Morgan fingerprint density at radius 1 is 1.27 bits per heavy atom. The fourth-order valence-electron chi connectivity index (χ4n) is 4.66. The van der Waals surface area contributed by atoms with Crippen molar-refractivity contribution in [1.29, 1.82) is 0 Å². The van der Waals surface area contributed by atoms with Crippen molar-refractivity contribution in [2.24, 2.45) is 11.3 Å². The van der Waals surface area contributed by atoms with E-state index in [0.717, 1.165) is 30.9 Å². The van der Waals surface area contributed by atoms with Crippen molar-refractivity contribution in [2.75, 3.05) is 37.4 Å². The predicted molar refractivity (Wildman–Crippen MR) is 123 cm³/mol. The van der Waals surface area contributed by atoms with Gasteiger partial charge in [-0.2, -0.15) is 0 Å². The zero-order valence-corrected chi connectivity index (χ0v) is 18.8. The molecule has 0 spiro atoms. The van der Waals surface area contributed by atoms with Gasteiger partial charge in [-0.3, -0.25) is 0 Å². The zero-order chi connectivity index (χ0) is 21.9. The van der Waals surface area contributed by atoms with Crippen molar-refractivity contribution in [2.45, 2.75) is 39.7 Å². The number of anilines is 2. The summed E-state index contributed by atoms with van der Waals surface area (Å²) in [6.45, 7) is 12.8. The molecule has 0 saturated carbocycles. The van der Waals surface area contributed by atoms with Gasteiger partial charge in [-0.05, 0) is 55.5 Å². The summed E-state index contributed by atoms with van der Waals surface area (Å²) in [5.74, 6) is 1.60. The summed E-state index contributed by atoms with van der Waals surface area (Å²) in [5.41, 5.74) is 1.73. The number of piperidine rings is 1. The van der Waals surface area contributed by atoms with E-state index in [0.29, 0.717) is 23.4 Å². The number of hydrogen-bond acceptors (Lipinski definition) is 5. The summed E-state index contributed by atoms with van der Waals surface area (Å²) >= 11 is 0. The molecular weight excluding hydrogens is 377 g/mol. The van der Waals surface area contributed by atoms with Gasteiger partial charge in [0, 0.05) is 43.5 Å². The molecule has 3 heterocycles. The summed E-state index contributed by atoms with van der Waals surface area (Å²) in [5, 5.41) is 6.56. The summed E-state index contributed by atoms with van der Waals surface area (Å²) in [6.07, 6.45) is 3.98. The Balaban J connectivity index is 1.88. The summed E-state index contributed by atoms with van der Waals surface area (Å²) in [4.78, 5) is 11.3. The lowest BCUT2D eigenvalue weighted by Gasteiger charge is -2.42. The van der Waals surface area contributed by atoms with E-state index in [1.54, 1.807) is 19.3 Å². The molecule has 2 aromatic heterocycles. The van der Waals surface area contributed by atoms with Crippen LogP contribution in [0, 0.1) is 17.2 Å².